The minimum atomic E-state index is -0.324. The maximum absolute atomic E-state index is 10.6. The molecule has 0 atom stereocenters. The molecule has 2 aromatic rings. The number of aromatic nitrogens is 1. The van der Waals surface area contributed by atoms with Crippen molar-refractivity contribution in [2.75, 3.05) is 0 Å². The van der Waals surface area contributed by atoms with Crippen LogP contribution in [0.15, 0.2) is 42.6 Å². The van der Waals surface area contributed by atoms with Crippen LogP contribution in [0.1, 0.15) is 12.0 Å². The fraction of sp³-hybridized carbons (Fsp3) is 0.0769. The minimum absolute atomic E-state index is 0.261. The Hall–Kier alpha value is -2.16. The summed E-state index contributed by atoms with van der Waals surface area (Å²) in [7, 11) is 0. The lowest BCUT2D eigenvalue weighted by atomic mass is 10.1. The van der Waals surface area contributed by atoms with Crippen LogP contribution in [-0.4, -0.2) is 10.9 Å². The summed E-state index contributed by atoms with van der Waals surface area (Å²) in [6.07, 6.45) is 5.68. The van der Waals surface area contributed by atoms with Gasteiger partial charge >= 0.3 is 0 Å². The highest BCUT2D eigenvalue weighted by Crippen LogP contribution is 2.17. The van der Waals surface area contributed by atoms with Crippen LogP contribution in [-0.2, 0) is 4.79 Å². The lowest BCUT2D eigenvalue weighted by Crippen LogP contribution is -2.07. The van der Waals surface area contributed by atoms with Crippen molar-refractivity contribution in [1.29, 1.82) is 0 Å². The monoisotopic (exact) mass is 212 g/mol. The van der Waals surface area contributed by atoms with E-state index in [-0.39, 0.29) is 12.3 Å². The zero-order valence-electron chi connectivity index (χ0n) is 8.76. The fourth-order valence-corrected chi connectivity index (χ4v) is 1.57. The molecule has 0 radical (unpaired) electrons. The molecule has 0 saturated carbocycles. The summed E-state index contributed by atoms with van der Waals surface area (Å²) in [6, 6.07) is 9.80. The van der Waals surface area contributed by atoms with Crippen molar-refractivity contribution < 1.29 is 4.79 Å². The maximum atomic E-state index is 10.6. The number of amides is 1. The Morgan fingerprint density at radius 2 is 2.12 bits per heavy atom. The van der Waals surface area contributed by atoms with E-state index in [0.29, 0.717) is 0 Å². The molecule has 0 fully saturated rings. The third kappa shape index (κ3) is 2.25. The Labute approximate surface area is 93.6 Å². The number of nitrogens with two attached hydrogens (primary N) is 1. The van der Waals surface area contributed by atoms with Gasteiger partial charge in [0, 0.05) is 18.0 Å². The molecule has 1 heterocycles. The van der Waals surface area contributed by atoms with Crippen molar-refractivity contribution in [3.8, 4) is 0 Å². The molecule has 1 amide bonds. The normalized spacial score (nSPS) is 11.0. The minimum Gasteiger partial charge on any atom is -0.369 e. The van der Waals surface area contributed by atoms with Gasteiger partial charge in [-0.2, -0.15) is 0 Å². The van der Waals surface area contributed by atoms with Crippen molar-refractivity contribution in [3.05, 3.63) is 48.2 Å². The van der Waals surface area contributed by atoms with E-state index in [4.69, 9.17) is 5.73 Å². The highest BCUT2D eigenvalue weighted by molar-refractivity contribution is 5.88. The van der Waals surface area contributed by atoms with Crippen molar-refractivity contribution in [2.45, 2.75) is 6.42 Å². The molecular formula is C13H12N2O. The predicted molar refractivity (Wildman–Crippen MR) is 64.6 cm³/mol. The first-order chi connectivity index (χ1) is 7.77. The van der Waals surface area contributed by atoms with E-state index in [2.05, 4.69) is 4.98 Å². The number of hydrogen-bond acceptors (Lipinski definition) is 2. The average Bonchev–Trinajstić information content (AvgIpc) is 2.29. The summed E-state index contributed by atoms with van der Waals surface area (Å²) in [5.74, 6) is -0.324. The predicted octanol–water partition coefficient (Wildman–Crippen LogP) is 2.12. The van der Waals surface area contributed by atoms with Crippen LogP contribution >= 0.6 is 0 Å². The van der Waals surface area contributed by atoms with Gasteiger partial charge in [0.05, 0.1) is 5.52 Å². The summed E-state index contributed by atoms with van der Waals surface area (Å²) in [5, 5.41) is 1.07. The second kappa shape index (κ2) is 4.57. The van der Waals surface area contributed by atoms with E-state index in [1.165, 1.54) is 0 Å². The number of primary amides is 1. The van der Waals surface area contributed by atoms with Crippen LogP contribution in [0.5, 0.6) is 0 Å². The van der Waals surface area contributed by atoms with E-state index in [0.717, 1.165) is 16.5 Å². The first-order valence-electron chi connectivity index (χ1n) is 5.06. The number of pyridine rings is 1. The van der Waals surface area contributed by atoms with Gasteiger partial charge in [-0.25, -0.2) is 0 Å². The topological polar surface area (TPSA) is 56.0 Å². The highest BCUT2D eigenvalue weighted by Gasteiger charge is 1.97. The third-order valence-electron chi connectivity index (χ3n) is 2.30. The van der Waals surface area contributed by atoms with Gasteiger partial charge in [0.15, 0.2) is 0 Å². The van der Waals surface area contributed by atoms with Crippen LogP contribution in [0.25, 0.3) is 17.0 Å². The van der Waals surface area contributed by atoms with Gasteiger partial charge in [0.1, 0.15) is 0 Å². The summed E-state index contributed by atoms with van der Waals surface area (Å²) in [5.41, 5.74) is 7.06. The van der Waals surface area contributed by atoms with Gasteiger partial charge in [0.25, 0.3) is 0 Å². The van der Waals surface area contributed by atoms with Crippen LogP contribution in [0.4, 0.5) is 0 Å². The zero-order chi connectivity index (χ0) is 11.4. The molecular weight excluding hydrogens is 200 g/mol. The molecule has 0 aliphatic carbocycles. The SMILES string of the molecule is NC(=O)CC=Cc1ccnc2ccccc12. The Bertz CT molecular complexity index is 541. The van der Waals surface area contributed by atoms with Crippen molar-refractivity contribution in [3.63, 3.8) is 0 Å². The van der Waals surface area contributed by atoms with Crippen molar-refractivity contribution in [2.24, 2.45) is 5.73 Å². The molecule has 1 aromatic carbocycles. The third-order valence-corrected chi connectivity index (χ3v) is 2.30. The summed E-state index contributed by atoms with van der Waals surface area (Å²) in [6.45, 7) is 0. The molecule has 3 heteroatoms. The molecule has 0 spiro atoms. The van der Waals surface area contributed by atoms with Crippen LogP contribution in [0.3, 0.4) is 0 Å². The number of fused-ring (bicyclic) bond motifs is 1. The smallest absolute Gasteiger partial charge is 0.221 e. The average molecular weight is 212 g/mol. The Balaban J connectivity index is 2.37. The van der Waals surface area contributed by atoms with Crippen LogP contribution < -0.4 is 5.73 Å². The number of para-hydroxylation sites is 1. The molecule has 0 aliphatic heterocycles. The van der Waals surface area contributed by atoms with E-state index >= 15 is 0 Å². The number of hydrogen-bond donors (Lipinski definition) is 1. The van der Waals surface area contributed by atoms with Gasteiger partial charge in [-0.15, -0.1) is 0 Å². The second-order valence-electron chi connectivity index (χ2n) is 3.49. The number of rotatable bonds is 3. The quantitative estimate of drug-likeness (QED) is 0.847. The largest absolute Gasteiger partial charge is 0.369 e. The van der Waals surface area contributed by atoms with Crippen molar-refractivity contribution >= 4 is 22.9 Å². The number of nitrogens with zero attached hydrogens (tertiary/aromatic N) is 1. The standard InChI is InChI=1S/C13H12N2O/c14-13(16)7-3-4-10-8-9-15-12-6-2-1-5-11(10)12/h1-6,8-9H,7H2,(H2,14,16). The van der Waals surface area contributed by atoms with Crippen LogP contribution in [0.2, 0.25) is 0 Å². The fourth-order valence-electron chi connectivity index (χ4n) is 1.57. The van der Waals surface area contributed by atoms with Crippen LogP contribution in [0, 0.1) is 0 Å². The molecule has 2 rings (SSSR count). The van der Waals surface area contributed by atoms with E-state index in [1.54, 1.807) is 12.3 Å². The second-order valence-corrected chi connectivity index (χ2v) is 3.49. The molecule has 0 unspecified atom stereocenters. The Morgan fingerprint density at radius 1 is 1.31 bits per heavy atom. The van der Waals surface area contributed by atoms with Gasteiger partial charge in [-0.3, -0.25) is 9.78 Å². The Morgan fingerprint density at radius 3 is 2.94 bits per heavy atom. The molecule has 2 N–H and O–H groups in total. The lowest BCUT2D eigenvalue weighted by Gasteiger charge is -2.00. The number of benzene rings is 1. The number of carbonyl (C=O) groups excluding carboxylic acids is 1. The zero-order valence-corrected chi connectivity index (χ0v) is 8.76. The van der Waals surface area contributed by atoms with E-state index in [9.17, 15) is 4.79 Å². The van der Waals surface area contributed by atoms with Gasteiger partial charge in [0.2, 0.25) is 5.91 Å². The summed E-state index contributed by atoms with van der Waals surface area (Å²) in [4.78, 5) is 14.9. The maximum Gasteiger partial charge on any atom is 0.221 e. The van der Waals surface area contributed by atoms with Crippen molar-refractivity contribution in [1.82, 2.24) is 4.98 Å². The highest BCUT2D eigenvalue weighted by atomic mass is 16.1. The molecule has 16 heavy (non-hydrogen) atoms. The summed E-state index contributed by atoms with van der Waals surface area (Å²) < 4.78 is 0. The lowest BCUT2D eigenvalue weighted by molar-refractivity contribution is -0.117. The van der Waals surface area contributed by atoms with E-state index < -0.39 is 0 Å². The van der Waals surface area contributed by atoms with Gasteiger partial charge in [-0.1, -0.05) is 30.4 Å². The summed E-state index contributed by atoms with van der Waals surface area (Å²) >= 11 is 0. The van der Waals surface area contributed by atoms with Gasteiger partial charge < -0.3 is 5.73 Å². The molecule has 1 aromatic heterocycles. The molecule has 80 valence electrons. The molecule has 0 saturated heterocycles. The molecule has 0 bridgehead atoms. The first-order valence-corrected chi connectivity index (χ1v) is 5.06. The molecule has 3 nitrogen and oxygen atoms in total. The molecule has 0 aliphatic rings. The van der Waals surface area contributed by atoms with Gasteiger partial charge in [-0.05, 0) is 17.7 Å². The Kier molecular flexibility index (Phi) is 2.96. The van der Waals surface area contributed by atoms with E-state index in [1.807, 2.05) is 36.4 Å². The first kappa shape index (κ1) is 10.4. The number of carbonyl (C=O) groups is 1.